The lowest BCUT2D eigenvalue weighted by Crippen LogP contribution is -2.17. The van der Waals surface area contributed by atoms with Crippen LogP contribution in [-0.4, -0.2) is 5.78 Å². The van der Waals surface area contributed by atoms with E-state index in [1.54, 1.807) is 0 Å². The third-order valence-corrected chi connectivity index (χ3v) is 4.44. The zero-order chi connectivity index (χ0) is 18.0. The smallest absolute Gasteiger partial charge is 0.358 e. The van der Waals surface area contributed by atoms with Crippen molar-refractivity contribution in [1.82, 2.24) is 0 Å². The summed E-state index contributed by atoms with van der Waals surface area (Å²) in [5.41, 5.74) is 0.940. The molecule has 6 heteroatoms. The summed E-state index contributed by atoms with van der Waals surface area (Å²) in [7, 11) is 0. The number of carbonyl (C=O) groups is 1. The second kappa shape index (κ2) is 6.92. The van der Waals surface area contributed by atoms with E-state index in [9.17, 15) is 18.0 Å². The van der Waals surface area contributed by atoms with Gasteiger partial charge in [0.25, 0.3) is 0 Å². The average Bonchev–Trinajstić information content (AvgIpc) is 2.56. The summed E-state index contributed by atoms with van der Waals surface area (Å²) in [5.74, 6) is -0.0727. The number of halogens is 4. The summed E-state index contributed by atoms with van der Waals surface area (Å²) in [4.78, 5) is 12.0. The van der Waals surface area contributed by atoms with Crippen LogP contribution in [0.5, 0.6) is 0 Å². The Balaban J connectivity index is 1.84. The molecule has 2 aromatic rings. The Kier molecular flexibility index (Phi) is 4.86. The van der Waals surface area contributed by atoms with Gasteiger partial charge in [-0.2, -0.15) is 13.2 Å². The quantitative estimate of drug-likeness (QED) is 0.744. The number of allylic oxidation sites excluding steroid dienone is 2. The lowest BCUT2D eigenvalue weighted by molar-refractivity contribution is -0.137. The van der Waals surface area contributed by atoms with Gasteiger partial charge >= 0.3 is 6.18 Å². The summed E-state index contributed by atoms with van der Waals surface area (Å²) in [6, 6.07) is 12.7. The molecule has 0 heterocycles. The van der Waals surface area contributed by atoms with E-state index in [0.717, 1.165) is 17.7 Å². The SMILES string of the molecule is O=C1C=C(Nc2cc(C(F)(F)F)ccc2Cl)CC(c2ccccc2)C1. The van der Waals surface area contributed by atoms with Crippen molar-refractivity contribution < 1.29 is 18.0 Å². The maximum atomic E-state index is 12.9. The Hall–Kier alpha value is -2.27. The molecule has 1 unspecified atom stereocenters. The minimum absolute atomic E-state index is 0.00854. The van der Waals surface area contributed by atoms with Crippen molar-refractivity contribution in [3.05, 3.63) is 76.5 Å². The van der Waals surface area contributed by atoms with Crippen molar-refractivity contribution in [2.45, 2.75) is 24.9 Å². The minimum Gasteiger partial charge on any atom is -0.358 e. The van der Waals surface area contributed by atoms with Gasteiger partial charge in [0.15, 0.2) is 5.78 Å². The van der Waals surface area contributed by atoms with Gasteiger partial charge in [0.05, 0.1) is 16.3 Å². The van der Waals surface area contributed by atoms with Crippen LogP contribution < -0.4 is 5.32 Å². The van der Waals surface area contributed by atoms with Crippen LogP contribution in [0.3, 0.4) is 0 Å². The highest BCUT2D eigenvalue weighted by Crippen LogP contribution is 2.36. The van der Waals surface area contributed by atoms with Crippen LogP contribution in [0.4, 0.5) is 18.9 Å². The van der Waals surface area contributed by atoms with Gasteiger partial charge < -0.3 is 5.32 Å². The van der Waals surface area contributed by atoms with Crippen molar-refractivity contribution >= 4 is 23.1 Å². The predicted octanol–water partition coefficient (Wildman–Crippen LogP) is 5.80. The summed E-state index contributed by atoms with van der Waals surface area (Å²) >= 11 is 6.01. The van der Waals surface area contributed by atoms with E-state index in [2.05, 4.69) is 5.32 Å². The Bertz CT molecular complexity index is 815. The fourth-order valence-corrected chi connectivity index (χ4v) is 3.08. The highest BCUT2D eigenvalue weighted by molar-refractivity contribution is 6.33. The molecule has 25 heavy (non-hydrogen) atoms. The highest BCUT2D eigenvalue weighted by Gasteiger charge is 2.31. The number of hydrogen-bond donors (Lipinski definition) is 1. The Labute approximate surface area is 148 Å². The highest BCUT2D eigenvalue weighted by atomic mass is 35.5. The number of benzene rings is 2. The van der Waals surface area contributed by atoms with Crippen molar-refractivity contribution in [3.8, 4) is 0 Å². The van der Waals surface area contributed by atoms with Gasteiger partial charge in [-0.15, -0.1) is 0 Å². The normalized spacial score (nSPS) is 18.0. The molecule has 1 N–H and O–H groups in total. The number of rotatable bonds is 3. The second-order valence-electron chi connectivity index (χ2n) is 5.97. The molecule has 0 bridgehead atoms. The molecule has 3 rings (SSSR count). The molecule has 0 aromatic heterocycles. The first kappa shape index (κ1) is 17.5. The second-order valence-corrected chi connectivity index (χ2v) is 6.38. The lowest BCUT2D eigenvalue weighted by Gasteiger charge is -2.24. The fourth-order valence-electron chi connectivity index (χ4n) is 2.91. The largest absolute Gasteiger partial charge is 0.416 e. The summed E-state index contributed by atoms with van der Waals surface area (Å²) < 4.78 is 38.7. The molecular weight excluding hydrogens is 351 g/mol. The van der Waals surface area contributed by atoms with Crippen LogP contribution in [0.1, 0.15) is 29.9 Å². The fraction of sp³-hybridized carbons (Fsp3) is 0.211. The first-order valence-electron chi connectivity index (χ1n) is 7.75. The van der Waals surface area contributed by atoms with Crippen molar-refractivity contribution in [2.24, 2.45) is 0 Å². The molecule has 2 aromatic carbocycles. The first-order chi connectivity index (χ1) is 11.8. The molecule has 130 valence electrons. The Morgan fingerprint density at radius 2 is 1.76 bits per heavy atom. The lowest BCUT2D eigenvalue weighted by atomic mass is 9.85. The van der Waals surface area contributed by atoms with Crippen LogP contribution in [-0.2, 0) is 11.0 Å². The van der Waals surface area contributed by atoms with Gasteiger partial charge in [-0.1, -0.05) is 41.9 Å². The van der Waals surface area contributed by atoms with Crippen molar-refractivity contribution in [3.63, 3.8) is 0 Å². The van der Waals surface area contributed by atoms with Gasteiger partial charge in [0.1, 0.15) is 0 Å². The summed E-state index contributed by atoms with van der Waals surface area (Å²) in [6.07, 6.45) is -2.10. The number of nitrogens with one attached hydrogen (secondary N) is 1. The molecule has 1 aliphatic rings. The molecule has 1 aliphatic carbocycles. The first-order valence-corrected chi connectivity index (χ1v) is 8.13. The van der Waals surface area contributed by atoms with Gasteiger partial charge in [0, 0.05) is 18.2 Å². The monoisotopic (exact) mass is 365 g/mol. The van der Waals surface area contributed by atoms with Gasteiger partial charge in [-0.3, -0.25) is 4.79 Å². The zero-order valence-electron chi connectivity index (χ0n) is 13.1. The van der Waals surface area contributed by atoms with E-state index in [4.69, 9.17) is 11.6 Å². The molecule has 0 saturated carbocycles. The van der Waals surface area contributed by atoms with Crippen LogP contribution >= 0.6 is 11.6 Å². The average molecular weight is 366 g/mol. The molecule has 0 saturated heterocycles. The van der Waals surface area contributed by atoms with E-state index >= 15 is 0 Å². The number of anilines is 1. The number of ketones is 1. The Morgan fingerprint density at radius 1 is 1.04 bits per heavy atom. The third kappa shape index (κ3) is 4.23. The van der Waals surface area contributed by atoms with Crippen LogP contribution in [0, 0.1) is 0 Å². The van der Waals surface area contributed by atoms with E-state index in [-0.39, 0.29) is 22.4 Å². The van der Waals surface area contributed by atoms with Crippen molar-refractivity contribution in [2.75, 3.05) is 5.32 Å². The molecule has 0 spiro atoms. The minimum atomic E-state index is -4.45. The molecule has 0 fully saturated rings. The van der Waals surface area contributed by atoms with Gasteiger partial charge in [0.2, 0.25) is 0 Å². The van der Waals surface area contributed by atoms with E-state index in [0.29, 0.717) is 18.5 Å². The van der Waals surface area contributed by atoms with E-state index < -0.39 is 11.7 Å². The molecule has 1 atom stereocenters. The third-order valence-electron chi connectivity index (χ3n) is 4.11. The maximum absolute atomic E-state index is 12.9. The van der Waals surface area contributed by atoms with Crippen LogP contribution in [0.2, 0.25) is 5.02 Å². The van der Waals surface area contributed by atoms with Crippen LogP contribution in [0.25, 0.3) is 0 Å². The molecule has 0 aliphatic heterocycles. The van der Waals surface area contributed by atoms with Crippen molar-refractivity contribution in [1.29, 1.82) is 0 Å². The number of carbonyl (C=O) groups excluding carboxylic acids is 1. The van der Waals surface area contributed by atoms with Gasteiger partial charge in [-0.05, 0) is 36.1 Å². The maximum Gasteiger partial charge on any atom is 0.416 e. The number of hydrogen-bond acceptors (Lipinski definition) is 2. The van der Waals surface area contributed by atoms with E-state index in [1.165, 1.54) is 12.1 Å². The van der Waals surface area contributed by atoms with Crippen LogP contribution in [0.15, 0.2) is 60.3 Å². The standard InChI is InChI=1S/C19H15ClF3NO/c20-17-7-6-14(19(21,22)23)10-18(17)24-15-8-13(9-16(25)11-15)12-4-2-1-3-5-12/h1-7,10-11,13,24H,8-9H2. The molecular formula is C19H15ClF3NO. The molecule has 0 radical (unpaired) electrons. The summed E-state index contributed by atoms with van der Waals surface area (Å²) in [6.45, 7) is 0. The van der Waals surface area contributed by atoms with Gasteiger partial charge in [-0.25, -0.2) is 0 Å². The summed E-state index contributed by atoms with van der Waals surface area (Å²) in [5, 5.41) is 3.07. The topological polar surface area (TPSA) is 29.1 Å². The Morgan fingerprint density at radius 3 is 2.44 bits per heavy atom. The zero-order valence-corrected chi connectivity index (χ0v) is 13.9. The van der Waals surface area contributed by atoms with E-state index in [1.807, 2.05) is 30.3 Å². The number of alkyl halides is 3. The molecule has 2 nitrogen and oxygen atoms in total. The molecule has 0 amide bonds. The predicted molar refractivity (Wildman–Crippen MR) is 91.6 cm³/mol.